The van der Waals surface area contributed by atoms with E-state index in [4.69, 9.17) is 50.8 Å². The maximum atomic E-state index is 16.7. The fraction of sp³-hybridized carbons (Fsp3) is 0.594. The van der Waals surface area contributed by atoms with Gasteiger partial charge in [-0.3, -0.25) is 42.6 Å². The van der Waals surface area contributed by atoms with Crippen LogP contribution >= 0.6 is 15.6 Å². The van der Waals surface area contributed by atoms with Gasteiger partial charge in [0.1, 0.15) is 43.9 Å². The van der Waals surface area contributed by atoms with Crippen molar-refractivity contribution in [2.45, 2.75) is 70.2 Å². The quantitative estimate of drug-likeness (QED) is 0.0844. The molecule has 1 amide bonds. The van der Waals surface area contributed by atoms with Crippen LogP contribution in [-0.4, -0.2) is 128 Å². The highest BCUT2D eigenvalue weighted by Crippen LogP contribution is 2.63. The minimum absolute atomic E-state index is 0.0794. The van der Waals surface area contributed by atoms with Crippen molar-refractivity contribution >= 4 is 57.4 Å². The number of rotatable bonds is 11. The number of aliphatic hydroxyl groups is 1. The predicted molar refractivity (Wildman–Crippen MR) is 201 cm³/mol. The Hall–Kier alpha value is -4.36. The smallest absolute Gasteiger partial charge is 0.396 e. The van der Waals surface area contributed by atoms with Gasteiger partial charge < -0.3 is 19.4 Å². The van der Waals surface area contributed by atoms with Crippen LogP contribution in [0.5, 0.6) is 0 Å². The van der Waals surface area contributed by atoms with Crippen molar-refractivity contribution in [2.24, 2.45) is 11.8 Å². The van der Waals surface area contributed by atoms with E-state index in [1.807, 2.05) is 6.07 Å². The molecule has 0 spiro atoms. The molecule has 312 valence electrons. The standard InChI is InChI=1S/C32H38BFN11O12P2/c1-16(2)28(47)42-32-41-27-23(29(48)43-32)40-15-45(27)31-24-18(10-46)19(54-31)11-53-59(49,51-9-7-36-4)57-25-20(12-52-58(33,56-24)50-8-5-6-35)55-30(21(25)34)44-14-39-22-17(3)37-13-38-26(22)44/h13-16,18-21,24-25,30-31,46H,5,7-12H2,1-3H3,(H2,41,42,43,47,48)/q+1/t18-,19+,20?,21-,24-,25-,30+,31?,58?,59?/m0/s1. The van der Waals surface area contributed by atoms with Gasteiger partial charge in [-0.05, 0) is 6.92 Å². The van der Waals surface area contributed by atoms with Crippen molar-refractivity contribution in [3.05, 3.63) is 46.4 Å². The van der Waals surface area contributed by atoms with E-state index in [1.165, 1.54) is 28.1 Å². The Balaban J connectivity index is 1.28. The first kappa shape index (κ1) is 42.8. The van der Waals surface area contributed by atoms with Crippen LogP contribution in [0.4, 0.5) is 10.3 Å². The molecule has 0 aromatic carbocycles. The van der Waals surface area contributed by atoms with E-state index >= 15 is 4.39 Å². The van der Waals surface area contributed by atoms with Crippen molar-refractivity contribution in [1.82, 2.24) is 39.0 Å². The molecule has 7 heterocycles. The number of phosphoric ester groups is 1. The molecule has 0 saturated carbocycles. The highest BCUT2D eigenvalue weighted by atomic mass is 31.2. The van der Waals surface area contributed by atoms with Crippen LogP contribution in [0.2, 0.25) is 0 Å². The van der Waals surface area contributed by atoms with E-state index < -0.39 is 108 Å². The van der Waals surface area contributed by atoms with Crippen molar-refractivity contribution in [2.75, 3.05) is 44.9 Å². The Morgan fingerprint density at radius 3 is 2.64 bits per heavy atom. The SMILES string of the molecule is [B][P+]1(OCCC#N)OCC2O[C@@H](n3cnc4c(C)ncnc43)[C@@H](F)[C@H]2OP(=O)(OCC[N+]#[C-])OC[C@H]2OC(n3cnc4c(=O)[nH]c(NC(=O)C(C)C)nc43)[C@@H](O1)[C@H]2CO. The van der Waals surface area contributed by atoms with E-state index in [0.717, 1.165) is 0 Å². The number of hydrogen-bond donors (Lipinski definition) is 3. The molecule has 2 radical (unpaired) electrons. The maximum Gasteiger partial charge on any atom is 0.488 e. The van der Waals surface area contributed by atoms with Crippen molar-refractivity contribution in [1.29, 1.82) is 5.26 Å². The first-order valence-electron chi connectivity index (χ1n) is 18.2. The van der Waals surface area contributed by atoms with Gasteiger partial charge in [-0.25, -0.2) is 35.5 Å². The normalized spacial score (nSPS) is 31.3. The van der Waals surface area contributed by atoms with Crippen LogP contribution in [0.3, 0.4) is 0 Å². The van der Waals surface area contributed by atoms with Crippen LogP contribution in [0.1, 0.15) is 38.4 Å². The summed E-state index contributed by atoms with van der Waals surface area (Å²) >= 11 is 0. The number of amides is 1. The zero-order valence-electron chi connectivity index (χ0n) is 31.7. The maximum absolute atomic E-state index is 16.7. The Morgan fingerprint density at radius 1 is 1.17 bits per heavy atom. The number of anilines is 1. The minimum Gasteiger partial charge on any atom is -0.396 e. The summed E-state index contributed by atoms with van der Waals surface area (Å²) in [6.07, 6.45) is -7.02. The van der Waals surface area contributed by atoms with Gasteiger partial charge in [0.05, 0.1) is 50.2 Å². The molecule has 23 nitrogen and oxygen atoms in total. The van der Waals surface area contributed by atoms with Gasteiger partial charge in [-0.15, -0.1) is 0 Å². The third kappa shape index (κ3) is 8.78. The number of aliphatic hydroxyl groups excluding tert-OH is 1. The second kappa shape index (κ2) is 17.7. The topological polar surface area (TPSA) is 276 Å². The molecular weight excluding hydrogens is 822 g/mol. The molecule has 0 aliphatic carbocycles. The van der Waals surface area contributed by atoms with Gasteiger partial charge in [-0.2, -0.15) is 23.8 Å². The third-order valence-electron chi connectivity index (χ3n) is 9.53. The van der Waals surface area contributed by atoms with Crippen molar-refractivity contribution < 1.29 is 55.5 Å². The molecule has 3 fully saturated rings. The van der Waals surface area contributed by atoms with E-state index in [0.29, 0.717) is 11.2 Å². The second-order valence-electron chi connectivity index (χ2n) is 13.8. The Kier molecular flexibility index (Phi) is 12.8. The summed E-state index contributed by atoms with van der Waals surface area (Å²) < 4.78 is 81.9. The zero-order valence-corrected chi connectivity index (χ0v) is 33.5. The molecule has 3 aliphatic rings. The van der Waals surface area contributed by atoms with Crippen LogP contribution in [-0.2, 0) is 46.0 Å². The van der Waals surface area contributed by atoms with E-state index in [1.54, 1.807) is 20.8 Å². The first-order valence-corrected chi connectivity index (χ1v) is 21.3. The lowest BCUT2D eigenvalue weighted by molar-refractivity contribution is -0.118. The van der Waals surface area contributed by atoms with Crippen LogP contribution < -0.4 is 10.9 Å². The first-order chi connectivity index (χ1) is 28.3. The van der Waals surface area contributed by atoms with Crippen LogP contribution in [0, 0.1) is 36.7 Å². The Labute approximate surface area is 336 Å². The highest BCUT2D eigenvalue weighted by molar-refractivity contribution is 7.85. The molecule has 59 heavy (non-hydrogen) atoms. The van der Waals surface area contributed by atoms with Gasteiger partial charge in [-0.1, -0.05) is 13.8 Å². The van der Waals surface area contributed by atoms with Gasteiger partial charge in [0.2, 0.25) is 18.4 Å². The van der Waals surface area contributed by atoms with E-state index in [-0.39, 0.29) is 42.3 Å². The molecule has 3 aliphatic heterocycles. The van der Waals surface area contributed by atoms with Gasteiger partial charge in [0, 0.05) is 11.8 Å². The summed E-state index contributed by atoms with van der Waals surface area (Å²) in [5.74, 6) is -2.18. The minimum atomic E-state index is -4.83. The van der Waals surface area contributed by atoms with Crippen LogP contribution in [0.15, 0.2) is 23.8 Å². The molecule has 3 N–H and O–H groups in total. The number of fused-ring (bicyclic) bond motifs is 5. The summed E-state index contributed by atoms with van der Waals surface area (Å²) in [5, 5.41) is 22.6. The molecule has 2 bridgehead atoms. The molecule has 4 unspecified atom stereocenters. The summed E-state index contributed by atoms with van der Waals surface area (Å²) in [4.78, 5) is 52.5. The number of alkyl halides is 1. The van der Waals surface area contributed by atoms with Crippen molar-refractivity contribution in [3.8, 4) is 6.07 Å². The zero-order chi connectivity index (χ0) is 42.1. The molecular formula is C32H38BFN11O12P2+. The Bertz CT molecular complexity index is 2380. The van der Waals surface area contributed by atoms with Crippen molar-refractivity contribution in [3.63, 3.8) is 0 Å². The van der Waals surface area contributed by atoms with Gasteiger partial charge in [0.15, 0.2) is 41.5 Å². The number of phosphoric acid groups is 1. The number of ether oxygens (including phenoxy) is 2. The summed E-state index contributed by atoms with van der Waals surface area (Å²) in [7, 11) is -2.23. The third-order valence-corrected chi connectivity index (χ3v) is 12.6. The molecule has 7 rings (SSSR count). The summed E-state index contributed by atoms with van der Waals surface area (Å²) in [6, 6.07) is 1.93. The number of aryl methyl sites for hydroxylation is 1. The average molecular weight is 860 g/mol. The number of nitrogens with one attached hydrogen (secondary N) is 2. The number of nitriles is 1. The predicted octanol–water partition coefficient (Wildman–Crippen LogP) is 2.24. The summed E-state index contributed by atoms with van der Waals surface area (Å²) in [6.45, 7) is 9.25. The lowest BCUT2D eigenvalue weighted by Crippen LogP contribution is -2.35. The lowest BCUT2D eigenvalue weighted by Gasteiger charge is -2.28. The number of hydrogen-bond acceptors (Lipinski definition) is 18. The largest absolute Gasteiger partial charge is 0.488 e. The number of imidazole rings is 2. The number of nitrogens with zero attached hydrogens (tertiary/aromatic N) is 9. The molecule has 4 aromatic rings. The van der Waals surface area contributed by atoms with Crippen LogP contribution in [0.25, 0.3) is 27.2 Å². The average Bonchev–Trinajstić information content (AvgIpc) is 3.97. The molecule has 27 heteroatoms. The fourth-order valence-electron chi connectivity index (χ4n) is 6.56. The number of carbonyl (C=O) groups excluding carboxylic acids is 1. The highest BCUT2D eigenvalue weighted by Gasteiger charge is 2.58. The number of aromatic nitrogens is 8. The number of carbonyl (C=O) groups is 1. The molecule has 4 aromatic heterocycles. The fourth-order valence-corrected chi connectivity index (χ4v) is 9.44. The number of H-pyrrole nitrogens is 1. The van der Waals surface area contributed by atoms with E-state index in [2.05, 4.69) is 40.1 Å². The van der Waals surface area contributed by atoms with Gasteiger partial charge >= 0.3 is 23.2 Å². The molecule has 10 atom stereocenters. The van der Waals surface area contributed by atoms with E-state index in [9.17, 15) is 24.5 Å². The second-order valence-corrected chi connectivity index (χ2v) is 17.2. The lowest BCUT2D eigenvalue weighted by atomic mass is 9.99. The Morgan fingerprint density at radius 2 is 1.92 bits per heavy atom. The summed E-state index contributed by atoms with van der Waals surface area (Å²) in [5.41, 5.74) is 0.173. The molecule has 3 saturated heterocycles. The number of aromatic amines is 1. The number of halogens is 1. The van der Waals surface area contributed by atoms with Gasteiger partial charge in [0.25, 0.3) is 5.56 Å². The monoisotopic (exact) mass is 860 g/mol.